The van der Waals surface area contributed by atoms with Gasteiger partial charge in [0.1, 0.15) is 5.83 Å². The number of allylic oxidation sites excluding steroid dienone is 2. The highest BCUT2D eigenvalue weighted by Crippen LogP contribution is 2.32. The molecule has 0 fully saturated rings. The van der Waals surface area contributed by atoms with E-state index in [0.29, 0.717) is 6.42 Å². The molecule has 0 amide bonds. The second kappa shape index (κ2) is 3.84. The summed E-state index contributed by atoms with van der Waals surface area (Å²) in [7, 11) is 0. The monoisotopic (exact) mass is 159 g/mol. The van der Waals surface area contributed by atoms with Crippen LogP contribution in [-0.4, -0.2) is 6.17 Å². The lowest BCUT2D eigenvalue weighted by Crippen LogP contribution is -2.17. The quantitative estimate of drug-likeness (QED) is 0.579. The van der Waals surface area contributed by atoms with Gasteiger partial charge >= 0.3 is 0 Å². The molecule has 63 valence electrons. The lowest BCUT2D eigenvalue weighted by atomic mass is 9.88. The third kappa shape index (κ3) is 2.01. The van der Waals surface area contributed by atoms with Crippen LogP contribution in [0.4, 0.5) is 8.78 Å². The Morgan fingerprint density at radius 1 is 1.64 bits per heavy atom. The van der Waals surface area contributed by atoms with Gasteiger partial charge in [0, 0.05) is 5.92 Å². The highest BCUT2D eigenvalue weighted by molar-refractivity contribution is 5.17. The molecule has 1 radical (unpaired) electrons. The van der Waals surface area contributed by atoms with Crippen LogP contribution in [0.2, 0.25) is 0 Å². The second-order valence-electron chi connectivity index (χ2n) is 2.90. The molecule has 0 aromatic carbocycles. The average Bonchev–Trinajstić information content (AvgIpc) is 1.99. The van der Waals surface area contributed by atoms with Gasteiger partial charge in [-0.3, -0.25) is 0 Å². The topological polar surface area (TPSA) is 0 Å². The van der Waals surface area contributed by atoms with Crippen molar-refractivity contribution in [3.8, 4) is 0 Å². The molecular formula is C9H13F2. The van der Waals surface area contributed by atoms with Gasteiger partial charge in [0.05, 0.1) is 0 Å². The van der Waals surface area contributed by atoms with Crippen LogP contribution >= 0.6 is 0 Å². The highest BCUT2D eigenvalue weighted by atomic mass is 19.2. The molecule has 11 heavy (non-hydrogen) atoms. The largest absolute Gasteiger partial charge is 0.239 e. The van der Waals surface area contributed by atoms with Crippen molar-refractivity contribution in [2.24, 2.45) is 0 Å². The Morgan fingerprint density at radius 2 is 2.36 bits per heavy atom. The molecule has 0 heterocycles. The first-order valence-corrected chi connectivity index (χ1v) is 4.10. The lowest BCUT2D eigenvalue weighted by molar-refractivity contribution is 0.303. The Hall–Kier alpha value is -0.400. The minimum absolute atomic E-state index is 0.584. The maximum atomic E-state index is 12.9. The Balaban J connectivity index is 2.50. The Labute approximate surface area is 66.3 Å². The minimum Gasteiger partial charge on any atom is -0.239 e. The predicted molar refractivity (Wildman–Crippen MR) is 41.5 cm³/mol. The third-order valence-corrected chi connectivity index (χ3v) is 1.98. The summed E-state index contributed by atoms with van der Waals surface area (Å²) < 4.78 is 25.6. The van der Waals surface area contributed by atoms with Crippen LogP contribution in [0.15, 0.2) is 11.9 Å². The number of hydrogen-bond donors (Lipinski definition) is 0. The van der Waals surface area contributed by atoms with Gasteiger partial charge in [0.2, 0.25) is 0 Å². The van der Waals surface area contributed by atoms with Crippen molar-refractivity contribution in [2.45, 2.75) is 38.8 Å². The zero-order valence-electron chi connectivity index (χ0n) is 6.74. The van der Waals surface area contributed by atoms with Crippen molar-refractivity contribution in [3.05, 3.63) is 17.8 Å². The molecule has 0 aromatic heterocycles. The molecule has 1 rings (SSSR count). The first-order chi connectivity index (χ1) is 5.25. The van der Waals surface area contributed by atoms with Crippen LogP contribution in [-0.2, 0) is 0 Å². The Bertz CT molecular complexity index is 152. The van der Waals surface area contributed by atoms with E-state index in [1.165, 1.54) is 6.08 Å². The van der Waals surface area contributed by atoms with Gasteiger partial charge < -0.3 is 0 Å². The molecule has 0 saturated carbocycles. The van der Waals surface area contributed by atoms with E-state index in [1.54, 1.807) is 0 Å². The summed E-state index contributed by atoms with van der Waals surface area (Å²) in [6.45, 7) is 1.98. The molecule has 0 bridgehead atoms. The minimum atomic E-state index is -1.40. The Kier molecular flexibility index (Phi) is 3.03. The van der Waals surface area contributed by atoms with Gasteiger partial charge in [0.25, 0.3) is 0 Å². The summed E-state index contributed by atoms with van der Waals surface area (Å²) in [5.41, 5.74) is 0. The van der Waals surface area contributed by atoms with E-state index >= 15 is 0 Å². The highest BCUT2D eigenvalue weighted by Gasteiger charge is 2.27. The van der Waals surface area contributed by atoms with Crippen LogP contribution in [0, 0.1) is 5.92 Å². The van der Waals surface area contributed by atoms with E-state index in [9.17, 15) is 8.78 Å². The number of alkyl halides is 1. The van der Waals surface area contributed by atoms with E-state index in [-0.39, 0.29) is 0 Å². The molecule has 0 nitrogen and oxygen atoms in total. The van der Waals surface area contributed by atoms with Crippen molar-refractivity contribution in [3.63, 3.8) is 0 Å². The standard InChI is InChI=1S/C9H13F2/c1-2-4-7-5-3-6-8(10)9(7)11/h6,9H,2-5H2,1H3. The number of rotatable bonds is 2. The normalized spacial score (nSPS) is 26.8. The first kappa shape index (κ1) is 8.69. The van der Waals surface area contributed by atoms with Gasteiger partial charge in [-0.05, 0) is 25.3 Å². The molecule has 1 atom stereocenters. The van der Waals surface area contributed by atoms with E-state index in [2.05, 4.69) is 0 Å². The van der Waals surface area contributed by atoms with E-state index in [0.717, 1.165) is 25.2 Å². The summed E-state index contributed by atoms with van der Waals surface area (Å²) >= 11 is 0. The van der Waals surface area contributed by atoms with Crippen LogP contribution in [0.25, 0.3) is 0 Å². The van der Waals surface area contributed by atoms with Gasteiger partial charge in [-0.2, -0.15) is 0 Å². The number of halogens is 2. The van der Waals surface area contributed by atoms with Crippen molar-refractivity contribution in [2.75, 3.05) is 0 Å². The summed E-state index contributed by atoms with van der Waals surface area (Å²) in [5, 5.41) is 0. The first-order valence-electron chi connectivity index (χ1n) is 4.10. The van der Waals surface area contributed by atoms with Gasteiger partial charge in [0.15, 0.2) is 6.17 Å². The van der Waals surface area contributed by atoms with Crippen molar-refractivity contribution in [1.82, 2.24) is 0 Å². The molecule has 1 aliphatic rings. The molecule has 0 saturated heterocycles. The number of hydrogen-bond acceptors (Lipinski definition) is 0. The fourth-order valence-corrected chi connectivity index (χ4v) is 1.39. The van der Waals surface area contributed by atoms with Gasteiger partial charge in [-0.25, -0.2) is 8.78 Å². The van der Waals surface area contributed by atoms with Crippen LogP contribution < -0.4 is 0 Å². The molecule has 0 aliphatic heterocycles. The van der Waals surface area contributed by atoms with Crippen molar-refractivity contribution in [1.29, 1.82) is 0 Å². The molecule has 1 unspecified atom stereocenters. The fraction of sp³-hybridized carbons (Fsp3) is 0.667. The molecule has 1 aliphatic carbocycles. The van der Waals surface area contributed by atoms with Crippen molar-refractivity contribution < 1.29 is 8.78 Å². The molecule has 0 aromatic rings. The predicted octanol–water partition coefficient (Wildman–Crippen LogP) is 3.35. The average molecular weight is 159 g/mol. The maximum absolute atomic E-state index is 12.9. The molecule has 0 N–H and O–H groups in total. The SMILES string of the molecule is CCC[C]1CCC=C(F)C1F. The zero-order valence-corrected chi connectivity index (χ0v) is 6.74. The summed E-state index contributed by atoms with van der Waals surface area (Å²) in [5.74, 6) is 0.146. The molecular weight excluding hydrogens is 146 g/mol. The Morgan fingerprint density at radius 3 is 3.00 bits per heavy atom. The van der Waals surface area contributed by atoms with Crippen molar-refractivity contribution >= 4 is 0 Å². The molecule has 2 heteroatoms. The van der Waals surface area contributed by atoms with E-state index in [1.807, 2.05) is 6.92 Å². The smallest absolute Gasteiger partial charge is 0.157 e. The molecule has 0 spiro atoms. The van der Waals surface area contributed by atoms with Crippen LogP contribution in [0.1, 0.15) is 32.6 Å². The zero-order chi connectivity index (χ0) is 8.27. The maximum Gasteiger partial charge on any atom is 0.157 e. The van der Waals surface area contributed by atoms with Crippen LogP contribution in [0.5, 0.6) is 0 Å². The summed E-state index contributed by atoms with van der Waals surface area (Å²) in [6, 6.07) is 0. The summed E-state index contributed by atoms with van der Waals surface area (Å²) in [6.07, 6.45) is 2.97. The van der Waals surface area contributed by atoms with Crippen LogP contribution in [0.3, 0.4) is 0 Å². The van der Waals surface area contributed by atoms with E-state index < -0.39 is 12.0 Å². The third-order valence-electron chi connectivity index (χ3n) is 1.98. The van der Waals surface area contributed by atoms with Gasteiger partial charge in [-0.15, -0.1) is 0 Å². The summed E-state index contributed by atoms with van der Waals surface area (Å²) in [4.78, 5) is 0. The van der Waals surface area contributed by atoms with E-state index in [4.69, 9.17) is 0 Å². The second-order valence-corrected chi connectivity index (χ2v) is 2.90. The van der Waals surface area contributed by atoms with Gasteiger partial charge in [-0.1, -0.05) is 13.3 Å². The lowest BCUT2D eigenvalue weighted by Gasteiger charge is -2.21. The fourth-order valence-electron chi connectivity index (χ4n) is 1.39.